The minimum atomic E-state index is -0.761. The quantitative estimate of drug-likeness (QED) is 0.520. The van der Waals surface area contributed by atoms with Crippen molar-refractivity contribution < 1.29 is 14.6 Å². The Morgan fingerprint density at radius 1 is 1.28 bits per heavy atom. The van der Waals surface area contributed by atoms with Gasteiger partial charge < -0.3 is 9.84 Å². The zero-order valence-corrected chi connectivity index (χ0v) is 16.1. The van der Waals surface area contributed by atoms with Crippen molar-refractivity contribution in [3.63, 3.8) is 0 Å². The molecule has 0 amide bonds. The summed E-state index contributed by atoms with van der Waals surface area (Å²) in [5.41, 5.74) is 1.18. The van der Waals surface area contributed by atoms with Crippen molar-refractivity contribution in [1.82, 2.24) is 14.4 Å². The van der Waals surface area contributed by atoms with E-state index in [0.717, 1.165) is 10.9 Å². The first-order valence-corrected chi connectivity index (χ1v) is 9.18. The van der Waals surface area contributed by atoms with Crippen molar-refractivity contribution in [1.29, 1.82) is 0 Å². The number of halogens is 1. The van der Waals surface area contributed by atoms with Crippen LogP contribution in [0.15, 0.2) is 59.7 Å². The Morgan fingerprint density at radius 2 is 2.10 bits per heavy atom. The largest absolute Gasteiger partial charge is 0.493 e. The lowest BCUT2D eigenvalue weighted by atomic mass is 9.88. The van der Waals surface area contributed by atoms with Gasteiger partial charge in [-0.3, -0.25) is 19.0 Å². The van der Waals surface area contributed by atoms with Gasteiger partial charge in [-0.2, -0.15) is 4.98 Å². The first-order chi connectivity index (χ1) is 14.0. The highest BCUT2D eigenvalue weighted by Crippen LogP contribution is 2.32. The molecule has 1 atom stereocenters. The molecule has 1 unspecified atom stereocenters. The van der Waals surface area contributed by atoms with Gasteiger partial charge in [-0.15, -0.1) is 0 Å². The monoisotopic (exact) mass is 409 g/mol. The lowest BCUT2D eigenvalue weighted by Gasteiger charge is -2.18. The standard InChI is InChI=1S/C21H16ClN3O4/c1-29-18(26)10-15(12-4-6-16-13(9-12)3-2-8-23-16)19-20(27)24-17-7-5-14(22)11-25(17)21(19)28/h2-9,11,15,27H,10H2,1H3. The molecule has 1 aromatic carbocycles. The number of pyridine rings is 2. The maximum atomic E-state index is 13.2. The zero-order chi connectivity index (χ0) is 20.5. The van der Waals surface area contributed by atoms with E-state index in [1.165, 1.54) is 23.8 Å². The van der Waals surface area contributed by atoms with Gasteiger partial charge in [-0.25, -0.2) is 0 Å². The van der Waals surface area contributed by atoms with Crippen LogP contribution in [0, 0.1) is 0 Å². The Bertz CT molecular complexity index is 1300. The number of aromatic hydroxyl groups is 1. The van der Waals surface area contributed by atoms with Gasteiger partial charge in [0.2, 0.25) is 5.88 Å². The first kappa shape index (κ1) is 18.9. The Hall–Kier alpha value is -3.45. The van der Waals surface area contributed by atoms with Crippen LogP contribution >= 0.6 is 11.6 Å². The summed E-state index contributed by atoms with van der Waals surface area (Å²) in [5.74, 6) is -1.71. The number of fused-ring (bicyclic) bond motifs is 2. The molecule has 4 rings (SSSR count). The van der Waals surface area contributed by atoms with Crippen molar-refractivity contribution in [2.75, 3.05) is 7.11 Å². The third kappa shape index (κ3) is 3.52. The molecule has 0 radical (unpaired) electrons. The number of methoxy groups -OCH3 is 1. The Labute approximate surface area is 170 Å². The summed E-state index contributed by atoms with van der Waals surface area (Å²) in [5, 5.41) is 11.8. The van der Waals surface area contributed by atoms with E-state index in [0.29, 0.717) is 10.6 Å². The molecule has 1 N–H and O–H groups in total. The van der Waals surface area contributed by atoms with E-state index in [2.05, 4.69) is 9.97 Å². The van der Waals surface area contributed by atoms with E-state index in [1.54, 1.807) is 30.5 Å². The molecule has 7 nitrogen and oxygen atoms in total. The third-order valence-electron chi connectivity index (χ3n) is 4.78. The smallest absolute Gasteiger partial charge is 0.306 e. The first-order valence-electron chi connectivity index (χ1n) is 8.80. The maximum Gasteiger partial charge on any atom is 0.306 e. The molecule has 0 bridgehead atoms. The molecule has 29 heavy (non-hydrogen) atoms. The minimum Gasteiger partial charge on any atom is -0.493 e. The number of carbonyl (C=O) groups is 1. The van der Waals surface area contributed by atoms with Crippen LogP contribution in [0.1, 0.15) is 23.5 Å². The van der Waals surface area contributed by atoms with E-state index in [9.17, 15) is 14.7 Å². The lowest BCUT2D eigenvalue weighted by molar-refractivity contribution is -0.140. The molecule has 0 aliphatic carbocycles. The van der Waals surface area contributed by atoms with Crippen molar-refractivity contribution in [3.8, 4) is 5.88 Å². The molecule has 8 heteroatoms. The SMILES string of the molecule is COC(=O)CC(c1ccc2ncccc2c1)c1c(O)nc2ccc(Cl)cn2c1=O. The molecule has 146 valence electrons. The number of hydrogen-bond acceptors (Lipinski definition) is 6. The second-order valence-corrected chi connectivity index (χ2v) is 6.95. The average molecular weight is 410 g/mol. The minimum absolute atomic E-state index is 0.00148. The number of aromatic nitrogens is 3. The van der Waals surface area contributed by atoms with E-state index >= 15 is 0 Å². The van der Waals surface area contributed by atoms with Crippen LogP contribution in [0.2, 0.25) is 5.02 Å². The highest BCUT2D eigenvalue weighted by Gasteiger charge is 2.27. The Balaban J connectivity index is 1.96. The predicted octanol–water partition coefficient (Wildman–Crippen LogP) is 3.30. The Kier molecular flexibility index (Phi) is 4.90. The van der Waals surface area contributed by atoms with E-state index < -0.39 is 23.3 Å². The van der Waals surface area contributed by atoms with Crippen LogP contribution in [-0.4, -0.2) is 32.6 Å². The van der Waals surface area contributed by atoms with Crippen molar-refractivity contribution >= 4 is 34.1 Å². The second kappa shape index (κ2) is 7.52. The highest BCUT2D eigenvalue weighted by atomic mass is 35.5. The average Bonchev–Trinajstić information content (AvgIpc) is 2.73. The summed E-state index contributed by atoms with van der Waals surface area (Å²) in [6, 6.07) is 12.2. The van der Waals surface area contributed by atoms with Gasteiger partial charge in [0, 0.05) is 23.7 Å². The molecule has 0 aliphatic rings. The maximum absolute atomic E-state index is 13.2. The number of esters is 1. The summed E-state index contributed by atoms with van der Waals surface area (Å²) in [4.78, 5) is 33.7. The summed E-state index contributed by atoms with van der Waals surface area (Å²) >= 11 is 6.02. The third-order valence-corrected chi connectivity index (χ3v) is 5.00. The van der Waals surface area contributed by atoms with Crippen LogP contribution in [0.3, 0.4) is 0 Å². The molecule has 0 saturated heterocycles. The van der Waals surface area contributed by atoms with Crippen LogP contribution in [-0.2, 0) is 9.53 Å². The van der Waals surface area contributed by atoms with Crippen molar-refractivity contribution in [2.45, 2.75) is 12.3 Å². The zero-order valence-electron chi connectivity index (χ0n) is 15.4. The van der Waals surface area contributed by atoms with Gasteiger partial charge >= 0.3 is 5.97 Å². The molecule has 0 saturated carbocycles. The molecule has 0 spiro atoms. The molecular formula is C21H16ClN3O4. The van der Waals surface area contributed by atoms with Gasteiger partial charge in [-0.05, 0) is 35.9 Å². The highest BCUT2D eigenvalue weighted by molar-refractivity contribution is 6.30. The van der Waals surface area contributed by atoms with Gasteiger partial charge in [0.05, 0.1) is 29.6 Å². The number of benzene rings is 1. The topological polar surface area (TPSA) is 93.8 Å². The number of hydrogen-bond donors (Lipinski definition) is 1. The van der Waals surface area contributed by atoms with Gasteiger partial charge in [0.1, 0.15) is 5.65 Å². The number of carbonyl (C=O) groups excluding carboxylic acids is 1. The molecule has 0 fully saturated rings. The summed E-state index contributed by atoms with van der Waals surface area (Å²) in [6.45, 7) is 0. The van der Waals surface area contributed by atoms with E-state index in [-0.39, 0.29) is 17.6 Å². The van der Waals surface area contributed by atoms with E-state index in [1.807, 2.05) is 12.1 Å². The van der Waals surface area contributed by atoms with Crippen LogP contribution in [0.4, 0.5) is 0 Å². The summed E-state index contributed by atoms with van der Waals surface area (Å²) < 4.78 is 6.07. The summed E-state index contributed by atoms with van der Waals surface area (Å²) in [6.07, 6.45) is 2.97. The molecule has 3 aromatic heterocycles. The van der Waals surface area contributed by atoms with Crippen molar-refractivity contribution in [3.05, 3.63) is 81.4 Å². The molecule has 4 aromatic rings. The molecule has 0 aliphatic heterocycles. The molecular weight excluding hydrogens is 394 g/mol. The lowest BCUT2D eigenvalue weighted by Crippen LogP contribution is -2.24. The fourth-order valence-corrected chi connectivity index (χ4v) is 3.53. The van der Waals surface area contributed by atoms with Crippen molar-refractivity contribution in [2.24, 2.45) is 0 Å². The second-order valence-electron chi connectivity index (χ2n) is 6.52. The van der Waals surface area contributed by atoms with Crippen LogP contribution < -0.4 is 5.56 Å². The number of ether oxygens (including phenoxy) is 1. The number of nitrogens with zero attached hydrogens (tertiary/aromatic N) is 3. The number of rotatable bonds is 4. The van der Waals surface area contributed by atoms with Crippen LogP contribution in [0.5, 0.6) is 5.88 Å². The van der Waals surface area contributed by atoms with Crippen LogP contribution in [0.25, 0.3) is 16.6 Å². The van der Waals surface area contributed by atoms with E-state index in [4.69, 9.17) is 16.3 Å². The van der Waals surface area contributed by atoms with Gasteiger partial charge in [-0.1, -0.05) is 23.7 Å². The van der Waals surface area contributed by atoms with Gasteiger partial charge in [0.15, 0.2) is 0 Å². The normalized spacial score (nSPS) is 12.2. The van der Waals surface area contributed by atoms with Gasteiger partial charge in [0.25, 0.3) is 5.56 Å². The molecule has 3 heterocycles. The fraction of sp³-hybridized carbons (Fsp3) is 0.143. The predicted molar refractivity (Wildman–Crippen MR) is 108 cm³/mol. The fourth-order valence-electron chi connectivity index (χ4n) is 3.37. The summed E-state index contributed by atoms with van der Waals surface area (Å²) in [7, 11) is 1.27. The Morgan fingerprint density at radius 3 is 2.90 bits per heavy atom.